The molecule has 1 unspecified atom stereocenters. The fraction of sp³-hybridized carbons (Fsp3) is 0.581. The Bertz CT molecular complexity index is 1300. The highest BCUT2D eigenvalue weighted by atomic mass is 16.7. The molecule has 1 aliphatic heterocycles. The molecule has 41 heavy (non-hydrogen) atoms. The molecule has 4 fully saturated rings. The molecule has 10 heteroatoms. The normalized spacial score (nSPS) is 28.5. The number of nitrogens with two attached hydrogens (primary N) is 1. The average Bonchev–Trinajstić information content (AvgIpc) is 3.31. The first-order chi connectivity index (χ1) is 19.2. The fourth-order valence-electron chi connectivity index (χ4n) is 7.08. The molecule has 2 heterocycles. The lowest BCUT2D eigenvalue weighted by Crippen LogP contribution is -2.71. The second-order valence-corrected chi connectivity index (χ2v) is 13.6. The van der Waals surface area contributed by atoms with E-state index in [-0.39, 0.29) is 23.7 Å². The number of carbonyl (C=O) groups excluding carboxylic acids is 2. The lowest BCUT2D eigenvalue weighted by atomic mass is 9.43. The number of carbonyl (C=O) groups is 2. The van der Waals surface area contributed by atoms with Crippen molar-refractivity contribution in [2.75, 3.05) is 13.7 Å². The standard InChI is InChI=1S/C31H42BN3O6/c1-28(2,3)31(35-26(36)25(33)19-11-10-14-34-17-19,18-39-27(37)21-12-8-9-13-22(21)38-7)32-40-24-16-20-15-23(29(20,4)5)30(24,6)41-32/h8-14,17,20,23-25H,15-16,18,33H2,1-7H3,(H,35,36)/t20-,23-,24+,25?,30-,31-/m0/s1. The molecule has 1 aromatic heterocycles. The van der Waals surface area contributed by atoms with Crippen LogP contribution < -0.4 is 15.8 Å². The molecule has 3 saturated carbocycles. The molecule has 3 N–H and O–H groups in total. The van der Waals surface area contributed by atoms with Crippen molar-refractivity contribution in [2.24, 2.45) is 28.4 Å². The van der Waals surface area contributed by atoms with Crippen molar-refractivity contribution in [2.45, 2.75) is 77.6 Å². The summed E-state index contributed by atoms with van der Waals surface area (Å²) in [6.07, 6.45) is 5.01. The zero-order chi connectivity index (χ0) is 29.8. The van der Waals surface area contributed by atoms with Crippen molar-refractivity contribution in [3.05, 3.63) is 59.9 Å². The number of ether oxygens (including phenoxy) is 2. The van der Waals surface area contributed by atoms with Gasteiger partial charge in [-0.15, -0.1) is 0 Å². The topological polar surface area (TPSA) is 122 Å². The predicted molar refractivity (Wildman–Crippen MR) is 155 cm³/mol. The van der Waals surface area contributed by atoms with Crippen LogP contribution in [0.15, 0.2) is 48.8 Å². The number of rotatable bonds is 8. The minimum Gasteiger partial charge on any atom is -0.496 e. The van der Waals surface area contributed by atoms with E-state index in [1.54, 1.807) is 48.8 Å². The maximum absolute atomic E-state index is 13.8. The summed E-state index contributed by atoms with van der Waals surface area (Å²) in [5.41, 5.74) is 4.90. The predicted octanol–water partition coefficient (Wildman–Crippen LogP) is 4.12. The summed E-state index contributed by atoms with van der Waals surface area (Å²) in [5.74, 6) is 0.236. The molecule has 9 nitrogen and oxygen atoms in total. The number of hydrogen-bond acceptors (Lipinski definition) is 8. The molecule has 6 rings (SSSR count). The maximum atomic E-state index is 13.8. The van der Waals surface area contributed by atoms with Gasteiger partial charge in [0.1, 0.15) is 29.4 Å². The van der Waals surface area contributed by atoms with Gasteiger partial charge in [-0.3, -0.25) is 9.78 Å². The molecule has 1 amide bonds. The molecular weight excluding hydrogens is 521 g/mol. The molecule has 1 saturated heterocycles. The number of esters is 1. The Hall–Kier alpha value is -2.95. The molecule has 2 aromatic rings. The van der Waals surface area contributed by atoms with E-state index in [0.717, 1.165) is 12.8 Å². The number of pyridine rings is 1. The lowest BCUT2D eigenvalue weighted by Gasteiger charge is -2.64. The van der Waals surface area contributed by atoms with Crippen LogP contribution in [-0.2, 0) is 18.8 Å². The number of benzene rings is 1. The molecule has 220 valence electrons. The average molecular weight is 564 g/mol. The first-order valence-electron chi connectivity index (χ1n) is 14.4. The monoisotopic (exact) mass is 563 g/mol. The van der Waals surface area contributed by atoms with E-state index in [1.807, 2.05) is 20.8 Å². The van der Waals surface area contributed by atoms with Gasteiger partial charge in [0, 0.05) is 12.4 Å². The van der Waals surface area contributed by atoms with Crippen LogP contribution in [0.4, 0.5) is 0 Å². The molecule has 0 spiro atoms. The molecule has 0 radical (unpaired) electrons. The summed E-state index contributed by atoms with van der Waals surface area (Å²) in [6, 6.07) is 9.36. The Balaban J connectivity index is 1.50. The van der Waals surface area contributed by atoms with E-state index in [2.05, 4.69) is 31.1 Å². The van der Waals surface area contributed by atoms with E-state index in [9.17, 15) is 9.59 Å². The Labute approximate surface area is 243 Å². The van der Waals surface area contributed by atoms with Crippen molar-refractivity contribution in [3.8, 4) is 5.75 Å². The number of methoxy groups -OCH3 is 1. The quantitative estimate of drug-likeness (QED) is 0.364. The minimum atomic E-state index is -1.28. The Morgan fingerprint density at radius 2 is 1.90 bits per heavy atom. The van der Waals surface area contributed by atoms with Gasteiger partial charge in [-0.2, -0.15) is 0 Å². The van der Waals surface area contributed by atoms with Crippen molar-refractivity contribution < 1.29 is 28.4 Å². The zero-order valence-electron chi connectivity index (χ0n) is 25.1. The summed E-state index contributed by atoms with van der Waals surface area (Å²) in [6.45, 7) is 12.4. The van der Waals surface area contributed by atoms with Crippen LogP contribution in [0.25, 0.3) is 0 Å². The highest BCUT2D eigenvalue weighted by Gasteiger charge is 2.72. The van der Waals surface area contributed by atoms with Crippen LogP contribution in [-0.4, -0.2) is 54.8 Å². The van der Waals surface area contributed by atoms with Crippen LogP contribution in [0.5, 0.6) is 5.75 Å². The number of aromatic nitrogens is 1. The van der Waals surface area contributed by atoms with Crippen LogP contribution in [0.2, 0.25) is 0 Å². The van der Waals surface area contributed by atoms with Crippen LogP contribution in [0.3, 0.4) is 0 Å². The van der Waals surface area contributed by atoms with E-state index in [0.29, 0.717) is 23.1 Å². The lowest BCUT2D eigenvalue weighted by molar-refractivity contribution is -0.199. The molecule has 2 bridgehead atoms. The van der Waals surface area contributed by atoms with E-state index < -0.39 is 41.5 Å². The van der Waals surface area contributed by atoms with Crippen LogP contribution in [0.1, 0.15) is 76.3 Å². The maximum Gasteiger partial charge on any atom is 0.489 e. The Morgan fingerprint density at radius 3 is 2.54 bits per heavy atom. The van der Waals surface area contributed by atoms with Crippen molar-refractivity contribution in [3.63, 3.8) is 0 Å². The fourth-order valence-corrected chi connectivity index (χ4v) is 7.08. The van der Waals surface area contributed by atoms with Gasteiger partial charge < -0.3 is 29.8 Å². The summed E-state index contributed by atoms with van der Waals surface area (Å²) in [5, 5.41) is 3.17. The van der Waals surface area contributed by atoms with Gasteiger partial charge in [-0.25, -0.2) is 4.79 Å². The highest BCUT2D eigenvalue weighted by Crippen LogP contribution is 2.66. The van der Waals surface area contributed by atoms with E-state index in [1.165, 1.54) is 7.11 Å². The molecule has 3 aliphatic carbocycles. The molecule has 1 aromatic carbocycles. The van der Waals surface area contributed by atoms with Gasteiger partial charge in [-0.05, 0) is 66.2 Å². The smallest absolute Gasteiger partial charge is 0.489 e. The summed E-state index contributed by atoms with van der Waals surface area (Å²) >= 11 is 0. The third kappa shape index (κ3) is 4.83. The van der Waals surface area contributed by atoms with Crippen LogP contribution in [0, 0.1) is 22.7 Å². The van der Waals surface area contributed by atoms with E-state index >= 15 is 0 Å². The SMILES string of the molecule is COc1ccccc1C(=O)OC[C@@](NC(=O)C(N)c1cccnc1)(B1O[C@@H]2C[C@@H]3C[C@@H](C3(C)C)[C@]2(C)O1)C(C)(C)C. The number of hydrogen-bond donors (Lipinski definition) is 2. The second kappa shape index (κ2) is 10.4. The summed E-state index contributed by atoms with van der Waals surface area (Å²) in [7, 11) is 0.615. The van der Waals surface area contributed by atoms with Gasteiger partial charge in [0.15, 0.2) is 0 Å². The number of amides is 1. The summed E-state index contributed by atoms with van der Waals surface area (Å²) in [4.78, 5) is 31.3. The third-order valence-electron chi connectivity index (χ3n) is 10.1. The number of nitrogens with zero attached hydrogens (tertiary/aromatic N) is 1. The first-order valence-corrected chi connectivity index (χ1v) is 14.4. The zero-order valence-corrected chi connectivity index (χ0v) is 25.1. The van der Waals surface area contributed by atoms with Gasteiger partial charge in [0.05, 0.1) is 18.8 Å². The van der Waals surface area contributed by atoms with Gasteiger partial charge in [0.25, 0.3) is 0 Å². The first kappa shape index (κ1) is 29.5. The molecule has 4 aliphatic rings. The number of para-hydroxylation sites is 1. The second-order valence-electron chi connectivity index (χ2n) is 13.6. The van der Waals surface area contributed by atoms with Gasteiger partial charge in [-0.1, -0.05) is 52.8 Å². The number of nitrogens with one attached hydrogen (secondary N) is 1. The Kier molecular flexibility index (Phi) is 7.49. The van der Waals surface area contributed by atoms with Crippen molar-refractivity contribution >= 4 is 19.0 Å². The Morgan fingerprint density at radius 1 is 1.17 bits per heavy atom. The molecule has 6 atom stereocenters. The minimum absolute atomic E-state index is 0.135. The van der Waals surface area contributed by atoms with Gasteiger partial charge >= 0.3 is 13.1 Å². The van der Waals surface area contributed by atoms with Crippen LogP contribution >= 0.6 is 0 Å². The summed E-state index contributed by atoms with van der Waals surface area (Å²) < 4.78 is 25.0. The third-order valence-corrected chi connectivity index (χ3v) is 10.1. The highest BCUT2D eigenvalue weighted by molar-refractivity contribution is 6.50. The van der Waals surface area contributed by atoms with E-state index in [4.69, 9.17) is 24.5 Å². The van der Waals surface area contributed by atoms with Gasteiger partial charge in [0.2, 0.25) is 5.91 Å². The molecular formula is C31H42BN3O6. The van der Waals surface area contributed by atoms with Crippen molar-refractivity contribution in [1.82, 2.24) is 10.3 Å². The van der Waals surface area contributed by atoms with Crippen molar-refractivity contribution in [1.29, 1.82) is 0 Å². The largest absolute Gasteiger partial charge is 0.496 e.